The van der Waals surface area contributed by atoms with Crippen LogP contribution in [0.1, 0.15) is 62.5 Å². The highest BCUT2D eigenvalue weighted by Gasteiger charge is 2.10. The average Bonchev–Trinajstić information content (AvgIpc) is 2.55. The van der Waals surface area contributed by atoms with Gasteiger partial charge in [0.2, 0.25) is 0 Å². The second kappa shape index (κ2) is 8.15. The molecule has 0 bridgehead atoms. The van der Waals surface area contributed by atoms with E-state index in [1.54, 1.807) is 0 Å². The normalized spacial score (nSPS) is 12.1. The van der Waals surface area contributed by atoms with Crippen LogP contribution in [-0.4, -0.2) is 5.91 Å². The van der Waals surface area contributed by atoms with Gasteiger partial charge < -0.3 is 5.32 Å². The minimum absolute atomic E-state index is 0.0624. The summed E-state index contributed by atoms with van der Waals surface area (Å²) in [6.45, 7) is 10.8. The molecule has 2 heteroatoms. The molecule has 0 radical (unpaired) electrons. The third-order valence-corrected chi connectivity index (χ3v) is 4.04. The first-order chi connectivity index (χ1) is 11.8. The van der Waals surface area contributed by atoms with E-state index in [0.717, 1.165) is 24.1 Å². The second-order valence-electron chi connectivity index (χ2n) is 7.63. The van der Waals surface area contributed by atoms with Gasteiger partial charge in [-0.3, -0.25) is 4.79 Å². The third-order valence-electron chi connectivity index (χ3n) is 4.04. The van der Waals surface area contributed by atoms with Crippen molar-refractivity contribution in [2.24, 2.45) is 5.41 Å². The lowest BCUT2D eigenvalue weighted by atomic mass is 9.91. The Morgan fingerprint density at radius 3 is 2.20 bits per heavy atom. The van der Waals surface area contributed by atoms with Crippen LogP contribution in [0.4, 0.5) is 5.69 Å². The minimum atomic E-state index is -0.0624. The van der Waals surface area contributed by atoms with E-state index in [4.69, 9.17) is 0 Å². The van der Waals surface area contributed by atoms with Gasteiger partial charge in [0.05, 0.1) is 0 Å². The molecule has 1 N–H and O–H groups in total. The van der Waals surface area contributed by atoms with Gasteiger partial charge in [-0.25, -0.2) is 0 Å². The molecular formula is C23H29NO. The maximum Gasteiger partial charge on any atom is 0.255 e. The van der Waals surface area contributed by atoms with E-state index in [-0.39, 0.29) is 11.3 Å². The van der Waals surface area contributed by atoms with Crippen LogP contribution >= 0.6 is 0 Å². The maximum atomic E-state index is 12.6. The quantitative estimate of drug-likeness (QED) is 0.678. The SMILES string of the molecule is CCCc1ccccc1NC(=O)c1ccc(/C(C)=C/C(C)(C)C)cc1. The molecule has 0 heterocycles. The summed E-state index contributed by atoms with van der Waals surface area (Å²) >= 11 is 0. The highest BCUT2D eigenvalue weighted by molar-refractivity contribution is 6.04. The molecule has 2 rings (SSSR count). The monoisotopic (exact) mass is 335 g/mol. The van der Waals surface area contributed by atoms with Gasteiger partial charge in [0, 0.05) is 11.3 Å². The van der Waals surface area contributed by atoms with E-state index in [2.05, 4.69) is 52.1 Å². The first kappa shape index (κ1) is 19.0. The number of allylic oxidation sites excluding steroid dienone is 2. The van der Waals surface area contributed by atoms with Crippen molar-refractivity contribution in [3.63, 3.8) is 0 Å². The topological polar surface area (TPSA) is 29.1 Å². The zero-order valence-corrected chi connectivity index (χ0v) is 16.0. The fourth-order valence-electron chi connectivity index (χ4n) is 2.94. The van der Waals surface area contributed by atoms with Gasteiger partial charge >= 0.3 is 0 Å². The first-order valence-corrected chi connectivity index (χ1v) is 8.99. The maximum absolute atomic E-state index is 12.6. The third kappa shape index (κ3) is 5.60. The number of carbonyl (C=O) groups is 1. The Bertz CT molecular complexity index is 748. The Hall–Kier alpha value is -2.35. The van der Waals surface area contributed by atoms with Gasteiger partial charge in [-0.1, -0.05) is 70.5 Å². The molecule has 0 aliphatic carbocycles. The molecule has 0 aliphatic rings. The molecule has 1 amide bonds. The van der Waals surface area contributed by atoms with Gasteiger partial charge in [-0.2, -0.15) is 0 Å². The Morgan fingerprint density at radius 2 is 1.60 bits per heavy atom. The number of amides is 1. The minimum Gasteiger partial charge on any atom is -0.322 e. The lowest BCUT2D eigenvalue weighted by Gasteiger charge is -2.15. The summed E-state index contributed by atoms with van der Waals surface area (Å²) in [5.41, 5.74) is 5.29. The van der Waals surface area contributed by atoms with Gasteiger partial charge in [0.15, 0.2) is 0 Å². The standard InChI is InChI=1S/C23H29NO/c1-6-9-19-10-7-8-11-21(19)24-22(25)20-14-12-18(13-15-20)17(2)16-23(3,4)5/h7-8,10-16H,6,9H2,1-5H3,(H,24,25)/b17-16+. The molecular weight excluding hydrogens is 306 g/mol. The molecule has 132 valence electrons. The van der Waals surface area contributed by atoms with E-state index in [9.17, 15) is 4.79 Å². The molecule has 0 unspecified atom stereocenters. The van der Waals surface area contributed by atoms with Crippen LogP contribution in [0, 0.1) is 5.41 Å². The predicted octanol–water partition coefficient (Wildman–Crippen LogP) is 6.34. The Kier molecular flexibility index (Phi) is 6.19. The lowest BCUT2D eigenvalue weighted by molar-refractivity contribution is 0.102. The number of carbonyl (C=O) groups excluding carboxylic acids is 1. The van der Waals surface area contributed by atoms with Crippen molar-refractivity contribution in [2.45, 2.75) is 47.5 Å². The number of hydrogen-bond acceptors (Lipinski definition) is 1. The van der Waals surface area contributed by atoms with Crippen molar-refractivity contribution in [1.29, 1.82) is 0 Å². The van der Waals surface area contributed by atoms with E-state index in [0.29, 0.717) is 5.56 Å². The summed E-state index contributed by atoms with van der Waals surface area (Å²) in [5.74, 6) is -0.0624. The van der Waals surface area contributed by atoms with Crippen LogP contribution < -0.4 is 5.32 Å². The van der Waals surface area contributed by atoms with E-state index in [1.807, 2.05) is 42.5 Å². The van der Waals surface area contributed by atoms with Gasteiger partial charge in [-0.15, -0.1) is 0 Å². The van der Waals surface area contributed by atoms with Gasteiger partial charge in [-0.05, 0) is 53.7 Å². The molecule has 0 spiro atoms. The number of nitrogens with one attached hydrogen (secondary N) is 1. The lowest BCUT2D eigenvalue weighted by Crippen LogP contribution is -2.13. The zero-order valence-electron chi connectivity index (χ0n) is 16.0. The number of hydrogen-bond donors (Lipinski definition) is 1. The highest BCUT2D eigenvalue weighted by Crippen LogP contribution is 2.24. The summed E-state index contributed by atoms with van der Waals surface area (Å²) < 4.78 is 0. The van der Waals surface area contributed by atoms with Crippen molar-refractivity contribution in [2.75, 3.05) is 5.32 Å². The first-order valence-electron chi connectivity index (χ1n) is 8.99. The van der Waals surface area contributed by atoms with Crippen molar-refractivity contribution < 1.29 is 4.79 Å². The molecule has 25 heavy (non-hydrogen) atoms. The van der Waals surface area contributed by atoms with Crippen molar-refractivity contribution >= 4 is 17.2 Å². The van der Waals surface area contributed by atoms with E-state index >= 15 is 0 Å². The number of aryl methyl sites for hydroxylation is 1. The summed E-state index contributed by atoms with van der Waals surface area (Å²) in [7, 11) is 0. The molecule has 0 fully saturated rings. The predicted molar refractivity (Wildman–Crippen MR) is 108 cm³/mol. The molecule has 0 aromatic heterocycles. The van der Waals surface area contributed by atoms with Crippen LogP contribution in [0.3, 0.4) is 0 Å². The fourth-order valence-corrected chi connectivity index (χ4v) is 2.94. The summed E-state index contributed by atoms with van der Waals surface area (Å²) in [5, 5.41) is 3.05. The molecule has 0 saturated carbocycles. The van der Waals surface area contributed by atoms with Gasteiger partial charge in [0.25, 0.3) is 5.91 Å². The Balaban J connectivity index is 2.15. The summed E-state index contributed by atoms with van der Waals surface area (Å²) in [4.78, 5) is 12.6. The van der Waals surface area contributed by atoms with Crippen LogP contribution in [0.15, 0.2) is 54.6 Å². The molecule has 2 nitrogen and oxygen atoms in total. The van der Waals surface area contributed by atoms with Crippen molar-refractivity contribution in [1.82, 2.24) is 0 Å². The molecule has 0 saturated heterocycles. The van der Waals surface area contributed by atoms with Crippen molar-refractivity contribution in [3.05, 3.63) is 71.3 Å². The number of benzene rings is 2. The highest BCUT2D eigenvalue weighted by atomic mass is 16.1. The van der Waals surface area contributed by atoms with E-state index in [1.165, 1.54) is 11.1 Å². The molecule has 0 aliphatic heterocycles. The number of anilines is 1. The molecule has 2 aromatic carbocycles. The largest absolute Gasteiger partial charge is 0.322 e. The summed E-state index contributed by atoms with van der Waals surface area (Å²) in [6.07, 6.45) is 4.27. The van der Waals surface area contributed by atoms with Gasteiger partial charge in [0.1, 0.15) is 0 Å². The number of para-hydroxylation sites is 1. The average molecular weight is 335 g/mol. The van der Waals surface area contributed by atoms with Crippen LogP contribution in [0.5, 0.6) is 0 Å². The van der Waals surface area contributed by atoms with Crippen molar-refractivity contribution in [3.8, 4) is 0 Å². The number of rotatable bonds is 5. The van der Waals surface area contributed by atoms with Crippen LogP contribution in [-0.2, 0) is 6.42 Å². The summed E-state index contributed by atoms with van der Waals surface area (Å²) in [6, 6.07) is 15.8. The fraction of sp³-hybridized carbons (Fsp3) is 0.348. The smallest absolute Gasteiger partial charge is 0.255 e. The Labute approximate surface area is 152 Å². The van der Waals surface area contributed by atoms with Crippen LogP contribution in [0.2, 0.25) is 0 Å². The Morgan fingerprint density at radius 1 is 1.00 bits per heavy atom. The zero-order chi connectivity index (χ0) is 18.4. The van der Waals surface area contributed by atoms with E-state index < -0.39 is 0 Å². The van der Waals surface area contributed by atoms with Crippen LogP contribution in [0.25, 0.3) is 5.57 Å². The molecule has 2 aromatic rings. The molecule has 0 atom stereocenters. The second-order valence-corrected chi connectivity index (χ2v) is 7.63.